The monoisotopic (exact) mass is 366 g/mol. The maximum atomic E-state index is 13.2. The van der Waals surface area contributed by atoms with Gasteiger partial charge in [0.1, 0.15) is 5.82 Å². The standard InChI is InChI=1S/C18H23FN4O.ClH/c1-11(2)17-15(18(24)22-16(9-20)12-3-4-12)10-21-23(17)14-7-5-13(19)6-8-14;/h5-8,10-12,16H,3-4,9,20H2,1-2H3,(H,22,24);1H. The lowest BCUT2D eigenvalue weighted by Crippen LogP contribution is -2.42. The Morgan fingerprint density at radius 1 is 1.36 bits per heavy atom. The van der Waals surface area contributed by atoms with Crippen molar-refractivity contribution in [2.75, 3.05) is 6.54 Å². The molecule has 3 rings (SSSR count). The number of nitrogens with two attached hydrogens (primary N) is 1. The van der Waals surface area contributed by atoms with Gasteiger partial charge in [0.15, 0.2) is 0 Å². The Bertz CT molecular complexity index is 725. The summed E-state index contributed by atoms with van der Waals surface area (Å²) in [6, 6.07) is 6.11. The molecule has 1 aliphatic carbocycles. The Balaban J connectivity index is 0.00000225. The van der Waals surface area contributed by atoms with Crippen molar-refractivity contribution < 1.29 is 9.18 Å². The third-order valence-electron chi connectivity index (χ3n) is 4.43. The summed E-state index contributed by atoms with van der Waals surface area (Å²) in [5.41, 5.74) is 7.87. The number of nitrogens with zero attached hydrogens (tertiary/aromatic N) is 2. The first-order valence-electron chi connectivity index (χ1n) is 8.36. The minimum atomic E-state index is -0.301. The van der Waals surface area contributed by atoms with Crippen molar-refractivity contribution in [2.45, 2.75) is 38.6 Å². The molecule has 7 heteroatoms. The number of carbonyl (C=O) groups excluding carboxylic acids is 1. The van der Waals surface area contributed by atoms with Crippen LogP contribution in [0, 0.1) is 11.7 Å². The molecule has 1 heterocycles. The molecule has 1 fully saturated rings. The number of amides is 1. The summed E-state index contributed by atoms with van der Waals surface area (Å²) in [4.78, 5) is 12.7. The van der Waals surface area contributed by atoms with Crippen LogP contribution < -0.4 is 11.1 Å². The highest BCUT2D eigenvalue weighted by Gasteiger charge is 2.32. The number of hydrogen-bond donors (Lipinski definition) is 2. The molecule has 1 aliphatic rings. The number of halogens is 2. The van der Waals surface area contributed by atoms with Crippen LogP contribution in [-0.2, 0) is 0 Å². The predicted octanol–water partition coefficient (Wildman–Crippen LogP) is 3.02. The highest BCUT2D eigenvalue weighted by molar-refractivity contribution is 5.95. The van der Waals surface area contributed by atoms with Crippen molar-refractivity contribution in [3.05, 3.63) is 47.5 Å². The van der Waals surface area contributed by atoms with Crippen molar-refractivity contribution in [1.82, 2.24) is 15.1 Å². The lowest BCUT2D eigenvalue weighted by Gasteiger charge is -2.17. The van der Waals surface area contributed by atoms with E-state index in [0.717, 1.165) is 24.2 Å². The van der Waals surface area contributed by atoms with Crippen molar-refractivity contribution >= 4 is 18.3 Å². The van der Waals surface area contributed by atoms with E-state index in [9.17, 15) is 9.18 Å². The van der Waals surface area contributed by atoms with Crippen LogP contribution in [0.25, 0.3) is 5.69 Å². The highest BCUT2D eigenvalue weighted by atomic mass is 35.5. The van der Waals surface area contributed by atoms with Gasteiger partial charge in [-0.05, 0) is 48.9 Å². The Hall–Kier alpha value is -1.92. The third-order valence-corrected chi connectivity index (χ3v) is 4.43. The molecule has 1 aromatic heterocycles. The SMILES string of the molecule is CC(C)c1c(C(=O)NC(CN)C2CC2)cnn1-c1ccc(F)cc1.Cl. The number of benzene rings is 1. The van der Waals surface area contributed by atoms with Gasteiger partial charge in [0.25, 0.3) is 5.91 Å². The second-order valence-corrected chi connectivity index (χ2v) is 6.64. The first-order chi connectivity index (χ1) is 11.5. The van der Waals surface area contributed by atoms with Crippen LogP contribution in [0.1, 0.15) is 48.7 Å². The van der Waals surface area contributed by atoms with Crippen molar-refractivity contribution in [2.24, 2.45) is 11.7 Å². The zero-order valence-corrected chi connectivity index (χ0v) is 15.2. The van der Waals surface area contributed by atoms with Crippen LogP contribution in [0.5, 0.6) is 0 Å². The van der Waals surface area contributed by atoms with Gasteiger partial charge in [-0.15, -0.1) is 12.4 Å². The van der Waals surface area contributed by atoms with E-state index in [2.05, 4.69) is 10.4 Å². The van der Waals surface area contributed by atoms with E-state index in [1.54, 1.807) is 23.0 Å². The zero-order valence-electron chi connectivity index (χ0n) is 14.4. The van der Waals surface area contributed by atoms with Gasteiger partial charge in [0, 0.05) is 12.6 Å². The number of rotatable bonds is 6. The molecule has 1 aromatic carbocycles. The van der Waals surface area contributed by atoms with Crippen LogP contribution in [-0.4, -0.2) is 28.3 Å². The van der Waals surface area contributed by atoms with Gasteiger partial charge in [0.2, 0.25) is 0 Å². The molecule has 5 nitrogen and oxygen atoms in total. The highest BCUT2D eigenvalue weighted by Crippen LogP contribution is 2.32. The average molecular weight is 367 g/mol. The van der Waals surface area contributed by atoms with Crippen LogP contribution in [0.4, 0.5) is 4.39 Å². The molecule has 136 valence electrons. The summed E-state index contributed by atoms with van der Waals surface area (Å²) in [6.45, 7) is 4.46. The lowest BCUT2D eigenvalue weighted by molar-refractivity contribution is 0.0932. The smallest absolute Gasteiger partial charge is 0.255 e. The van der Waals surface area contributed by atoms with Gasteiger partial charge in [-0.3, -0.25) is 4.79 Å². The maximum Gasteiger partial charge on any atom is 0.255 e. The summed E-state index contributed by atoms with van der Waals surface area (Å²) >= 11 is 0. The molecule has 1 saturated carbocycles. The molecule has 0 saturated heterocycles. The van der Waals surface area contributed by atoms with Crippen LogP contribution >= 0.6 is 12.4 Å². The normalized spacial score (nSPS) is 14.9. The molecule has 0 spiro atoms. The molecule has 2 aromatic rings. The van der Waals surface area contributed by atoms with Gasteiger partial charge in [0.05, 0.1) is 23.1 Å². The van der Waals surface area contributed by atoms with Crippen molar-refractivity contribution in [1.29, 1.82) is 0 Å². The number of hydrogen-bond acceptors (Lipinski definition) is 3. The molecule has 0 aliphatic heterocycles. The molecule has 0 radical (unpaired) electrons. The second kappa shape index (κ2) is 7.97. The van der Waals surface area contributed by atoms with Gasteiger partial charge in [-0.2, -0.15) is 5.10 Å². The second-order valence-electron chi connectivity index (χ2n) is 6.64. The van der Waals surface area contributed by atoms with Gasteiger partial charge >= 0.3 is 0 Å². The zero-order chi connectivity index (χ0) is 17.3. The summed E-state index contributed by atoms with van der Waals surface area (Å²) in [5.74, 6) is 0.142. The van der Waals surface area contributed by atoms with Gasteiger partial charge in [-0.1, -0.05) is 13.8 Å². The number of nitrogens with one attached hydrogen (secondary N) is 1. The fourth-order valence-corrected chi connectivity index (χ4v) is 2.99. The molecular weight excluding hydrogens is 343 g/mol. The minimum Gasteiger partial charge on any atom is -0.348 e. The van der Waals surface area contributed by atoms with Crippen LogP contribution in [0.3, 0.4) is 0 Å². The van der Waals surface area contributed by atoms with Crippen molar-refractivity contribution in [3.8, 4) is 5.69 Å². The fourth-order valence-electron chi connectivity index (χ4n) is 2.99. The molecule has 25 heavy (non-hydrogen) atoms. The Kier molecular flexibility index (Phi) is 6.19. The Morgan fingerprint density at radius 3 is 2.52 bits per heavy atom. The first kappa shape index (κ1) is 19.4. The number of aromatic nitrogens is 2. The third kappa shape index (κ3) is 4.19. The van der Waals surface area contributed by atoms with E-state index >= 15 is 0 Å². The van der Waals surface area contributed by atoms with Crippen LogP contribution in [0.15, 0.2) is 30.5 Å². The topological polar surface area (TPSA) is 72.9 Å². The van der Waals surface area contributed by atoms with E-state index in [0.29, 0.717) is 18.0 Å². The molecule has 1 amide bonds. The van der Waals surface area contributed by atoms with E-state index in [1.807, 2.05) is 13.8 Å². The van der Waals surface area contributed by atoms with E-state index in [4.69, 9.17) is 5.73 Å². The summed E-state index contributed by atoms with van der Waals surface area (Å²) in [5, 5.41) is 7.39. The Labute approximate surface area is 153 Å². The fraction of sp³-hybridized carbons (Fsp3) is 0.444. The minimum absolute atomic E-state index is 0. The largest absolute Gasteiger partial charge is 0.348 e. The molecule has 0 bridgehead atoms. The van der Waals surface area contributed by atoms with Crippen molar-refractivity contribution in [3.63, 3.8) is 0 Å². The molecule has 1 atom stereocenters. The number of carbonyl (C=O) groups is 1. The van der Waals surface area contributed by atoms with Gasteiger partial charge in [-0.25, -0.2) is 9.07 Å². The summed E-state index contributed by atoms with van der Waals surface area (Å²) in [6.07, 6.45) is 3.82. The molecular formula is C18H24ClFN4O. The Morgan fingerprint density at radius 2 is 2.00 bits per heavy atom. The van der Waals surface area contributed by atoms with E-state index in [1.165, 1.54) is 12.1 Å². The van der Waals surface area contributed by atoms with E-state index < -0.39 is 0 Å². The maximum absolute atomic E-state index is 13.2. The summed E-state index contributed by atoms with van der Waals surface area (Å²) < 4.78 is 14.9. The molecule has 3 N–H and O–H groups in total. The quantitative estimate of drug-likeness (QED) is 0.825. The first-order valence-corrected chi connectivity index (χ1v) is 8.36. The van der Waals surface area contributed by atoms with Crippen LogP contribution in [0.2, 0.25) is 0 Å². The molecule has 1 unspecified atom stereocenters. The lowest BCUT2D eigenvalue weighted by atomic mass is 10.0. The summed E-state index contributed by atoms with van der Waals surface area (Å²) in [7, 11) is 0. The predicted molar refractivity (Wildman–Crippen MR) is 97.9 cm³/mol. The average Bonchev–Trinajstić information content (AvgIpc) is 3.30. The van der Waals surface area contributed by atoms with E-state index in [-0.39, 0.29) is 36.1 Å². The van der Waals surface area contributed by atoms with Gasteiger partial charge < -0.3 is 11.1 Å².